The van der Waals surface area contributed by atoms with Crippen molar-refractivity contribution in [1.82, 2.24) is 5.32 Å². The molecule has 3 atom stereocenters. The van der Waals surface area contributed by atoms with E-state index in [1.54, 1.807) is 12.1 Å². The third-order valence-electron chi connectivity index (χ3n) is 4.33. The molecule has 100 valence electrons. The minimum atomic E-state index is -0.358. The van der Waals surface area contributed by atoms with Crippen LogP contribution in [0.1, 0.15) is 18.4 Å². The minimum absolute atomic E-state index is 0.162. The Morgan fingerprint density at radius 2 is 2.11 bits per heavy atom. The molecule has 1 saturated carbocycles. The highest BCUT2D eigenvalue weighted by molar-refractivity contribution is 5.32. The molecule has 0 heterocycles. The van der Waals surface area contributed by atoms with Crippen molar-refractivity contribution in [3.8, 4) is 0 Å². The second-order valence-corrected chi connectivity index (χ2v) is 5.47. The first-order valence-electron chi connectivity index (χ1n) is 6.87. The number of nitro groups is 1. The van der Waals surface area contributed by atoms with Gasteiger partial charge in [0, 0.05) is 18.2 Å². The molecule has 19 heavy (non-hydrogen) atoms. The molecular weight excluding hydrogens is 240 g/mol. The van der Waals surface area contributed by atoms with Gasteiger partial charge in [-0.1, -0.05) is 24.3 Å². The summed E-state index contributed by atoms with van der Waals surface area (Å²) in [5, 5.41) is 14.1. The van der Waals surface area contributed by atoms with Crippen LogP contribution in [-0.2, 0) is 6.42 Å². The van der Waals surface area contributed by atoms with Gasteiger partial charge in [-0.05, 0) is 43.2 Å². The van der Waals surface area contributed by atoms with Crippen LogP contribution in [0, 0.1) is 22.0 Å². The Morgan fingerprint density at radius 1 is 1.32 bits per heavy atom. The molecule has 3 rings (SSSR count). The van der Waals surface area contributed by atoms with Crippen molar-refractivity contribution >= 4 is 5.69 Å². The van der Waals surface area contributed by atoms with Crippen molar-refractivity contribution in [3.63, 3.8) is 0 Å². The molecular formula is C15H18N2O2. The van der Waals surface area contributed by atoms with Gasteiger partial charge in [0.1, 0.15) is 0 Å². The number of benzene rings is 1. The van der Waals surface area contributed by atoms with E-state index >= 15 is 0 Å². The molecule has 4 nitrogen and oxygen atoms in total. The summed E-state index contributed by atoms with van der Waals surface area (Å²) >= 11 is 0. The molecule has 0 radical (unpaired) electrons. The summed E-state index contributed by atoms with van der Waals surface area (Å²) in [5.41, 5.74) is 1.31. The van der Waals surface area contributed by atoms with Gasteiger partial charge in [0.15, 0.2) is 0 Å². The van der Waals surface area contributed by atoms with Gasteiger partial charge in [-0.3, -0.25) is 10.1 Å². The zero-order chi connectivity index (χ0) is 13.2. The van der Waals surface area contributed by atoms with Crippen molar-refractivity contribution in [2.24, 2.45) is 11.8 Å². The van der Waals surface area contributed by atoms with Crippen molar-refractivity contribution < 1.29 is 4.92 Å². The highest BCUT2D eigenvalue weighted by Crippen LogP contribution is 2.42. The van der Waals surface area contributed by atoms with Crippen LogP contribution in [0.5, 0.6) is 0 Å². The number of nitrogens with one attached hydrogen (secondary N) is 1. The van der Waals surface area contributed by atoms with Gasteiger partial charge < -0.3 is 5.32 Å². The summed E-state index contributed by atoms with van der Waals surface area (Å²) in [6, 6.07) is 7.49. The molecule has 0 bridgehead atoms. The predicted octanol–water partition coefficient (Wildman–Crippen LogP) is 2.69. The number of hydrogen-bond acceptors (Lipinski definition) is 3. The second kappa shape index (κ2) is 5.13. The summed E-state index contributed by atoms with van der Waals surface area (Å²) in [6.45, 7) is 0.944. The van der Waals surface area contributed by atoms with E-state index in [2.05, 4.69) is 17.5 Å². The first-order chi connectivity index (χ1) is 9.24. The number of rotatable bonds is 5. The zero-order valence-corrected chi connectivity index (χ0v) is 10.8. The number of non-ortho nitro benzene ring substituents is 1. The monoisotopic (exact) mass is 258 g/mol. The van der Waals surface area contributed by atoms with Crippen LogP contribution < -0.4 is 5.32 Å². The Kier molecular flexibility index (Phi) is 3.34. The van der Waals surface area contributed by atoms with E-state index in [1.165, 1.54) is 12.8 Å². The zero-order valence-electron chi connectivity index (χ0n) is 10.8. The van der Waals surface area contributed by atoms with Crippen molar-refractivity contribution in [2.75, 3.05) is 6.54 Å². The van der Waals surface area contributed by atoms with Crippen LogP contribution in [0.25, 0.3) is 0 Å². The minimum Gasteiger partial charge on any atom is -0.313 e. The largest absolute Gasteiger partial charge is 0.313 e. The van der Waals surface area contributed by atoms with E-state index in [4.69, 9.17) is 0 Å². The Bertz CT molecular complexity index is 495. The van der Waals surface area contributed by atoms with Crippen LogP contribution >= 0.6 is 0 Å². The SMILES string of the molecule is O=[N+]([O-])c1ccc(CCNC2CC3CC=CC32)cc1. The highest BCUT2D eigenvalue weighted by Gasteiger charge is 2.40. The Hall–Kier alpha value is -1.68. The lowest BCUT2D eigenvalue weighted by Gasteiger charge is -2.40. The van der Waals surface area contributed by atoms with Crippen molar-refractivity contribution in [2.45, 2.75) is 25.3 Å². The summed E-state index contributed by atoms with van der Waals surface area (Å²) < 4.78 is 0. The molecule has 0 aliphatic heterocycles. The van der Waals surface area contributed by atoms with E-state index in [1.807, 2.05) is 12.1 Å². The number of hydrogen-bond donors (Lipinski definition) is 1. The van der Waals surface area contributed by atoms with Crippen LogP contribution in [0.3, 0.4) is 0 Å². The van der Waals surface area contributed by atoms with Gasteiger partial charge in [0.05, 0.1) is 4.92 Å². The third kappa shape index (κ3) is 2.54. The number of nitrogens with zero attached hydrogens (tertiary/aromatic N) is 1. The first-order valence-corrected chi connectivity index (χ1v) is 6.87. The van der Waals surface area contributed by atoms with Crippen LogP contribution in [0.2, 0.25) is 0 Å². The fraction of sp³-hybridized carbons (Fsp3) is 0.467. The van der Waals surface area contributed by atoms with Crippen LogP contribution in [0.15, 0.2) is 36.4 Å². The maximum atomic E-state index is 10.6. The van der Waals surface area contributed by atoms with Gasteiger partial charge in [0.2, 0.25) is 0 Å². The van der Waals surface area contributed by atoms with Gasteiger partial charge in [-0.15, -0.1) is 0 Å². The van der Waals surface area contributed by atoms with Gasteiger partial charge >= 0.3 is 0 Å². The summed E-state index contributed by atoms with van der Waals surface area (Å²) in [4.78, 5) is 10.2. The smallest absolute Gasteiger partial charge is 0.269 e. The quantitative estimate of drug-likeness (QED) is 0.502. The highest BCUT2D eigenvalue weighted by atomic mass is 16.6. The Labute approximate surface area is 112 Å². The Balaban J connectivity index is 1.45. The number of fused-ring (bicyclic) bond motifs is 1. The molecule has 1 aromatic carbocycles. The molecule has 2 aliphatic rings. The predicted molar refractivity (Wildman–Crippen MR) is 73.9 cm³/mol. The summed E-state index contributed by atoms with van der Waals surface area (Å²) in [5.74, 6) is 1.63. The molecule has 1 fully saturated rings. The maximum absolute atomic E-state index is 10.6. The van der Waals surface area contributed by atoms with Gasteiger partial charge in [0.25, 0.3) is 5.69 Å². The average Bonchev–Trinajstić information content (AvgIpc) is 2.76. The molecule has 1 aromatic rings. The fourth-order valence-corrected chi connectivity index (χ4v) is 3.13. The average molecular weight is 258 g/mol. The van der Waals surface area contributed by atoms with Gasteiger partial charge in [-0.25, -0.2) is 0 Å². The first kappa shape index (κ1) is 12.4. The van der Waals surface area contributed by atoms with E-state index in [9.17, 15) is 10.1 Å². The summed E-state index contributed by atoms with van der Waals surface area (Å²) in [6.07, 6.45) is 8.11. The molecule has 0 spiro atoms. The molecule has 0 aromatic heterocycles. The van der Waals surface area contributed by atoms with E-state index in [-0.39, 0.29) is 10.6 Å². The number of allylic oxidation sites excluding steroid dienone is 1. The topological polar surface area (TPSA) is 55.2 Å². The normalized spacial score (nSPS) is 27.9. The molecule has 0 saturated heterocycles. The fourth-order valence-electron chi connectivity index (χ4n) is 3.13. The standard InChI is InChI=1S/C15H18N2O2/c18-17(19)13-6-4-11(5-7-13)8-9-16-15-10-12-2-1-3-14(12)15/h1,3-7,12,14-16H,2,8-10H2. The molecule has 3 unspecified atom stereocenters. The lowest BCUT2D eigenvalue weighted by atomic mass is 9.71. The lowest BCUT2D eigenvalue weighted by molar-refractivity contribution is -0.384. The van der Waals surface area contributed by atoms with Crippen LogP contribution in [-0.4, -0.2) is 17.5 Å². The molecule has 2 aliphatic carbocycles. The maximum Gasteiger partial charge on any atom is 0.269 e. The van der Waals surface area contributed by atoms with Crippen LogP contribution in [0.4, 0.5) is 5.69 Å². The third-order valence-corrected chi connectivity index (χ3v) is 4.33. The Morgan fingerprint density at radius 3 is 2.79 bits per heavy atom. The van der Waals surface area contributed by atoms with Gasteiger partial charge in [-0.2, -0.15) is 0 Å². The van der Waals surface area contributed by atoms with E-state index in [0.29, 0.717) is 6.04 Å². The molecule has 1 N–H and O–H groups in total. The number of nitro benzene ring substituents is 1. The lowest BCUT2D eigenvalue weighted by Crippen LogP contribution is -2.48. The van der Waals surface area contributed by atoms with Crippen molar-refractivity contribution in [1.29, 1.82) is 0 Å². The molecule has 0 amide bonds. The van der Waals surface area contributed by atoms with E-state index in [0.717, 1.165) is 30.4 Å². The summed E-state index contributed by atoms with van der Waals surface area (Å²) in [7, 11) is 0. The van der Waals surface area contributed by atoms with E-state index < -0.39 is 0 Å². The van der Waals surface area contributed by atoms with Crippen molar-refractivity contribution in [3.05, 3.63) is 52.1 Å². The second-order valence-electron chi connectivity index (χ2n) is 5.47. The molecule has 4 heteroatoms.